The molecular formula is C4H4O6Sn. The van der Waals surface area contributed by atoms with Gasteiger partial charge in [0.25, 0.3) is 0 Å². The predicted molar refractivity (Wildman–Crippen MR) is 30.0 cm³/mol. The standard InChI is InChI=1S/C4H6O6.Sn/c5-1(3(7)8)2(6)4(9)10;/h1-2,5-6H,(H,7,8)(H,9,10);/q;+2/p-2/t1-,2-;/m0./s1. The molecule has 0 unspecified atom stereocenters. The molecule has 0 aromatic rings. The van der Waals surface area contributed by atoms with Gasteiger partial charge in [0, 0.05) is 0 Å². The Morgan fingerprint density at radius 3 is 1.82 bits per heavy atom. The number of carbonyl (C=O) groups excluding carboxylic acids is 2. The summed E-state index contributed by atoms with van der Waals surface area (Å²) < 4.78 is 8.67. The molecule has 0 amide bonds. The van der Waals surface area contributed by atoms with Crippen LogP contribution in [-0.4, -0.2) is 56.3 Å². The summed E-state index contributed by atoms with van der Waals surface area (Å²) in [5, 5.41) is 17.6. The Balaban J connectivity index is 2.73. The Hall–Kier alpha value is -0.341. The van der Waals surface area contributed by atoms with E-state index in [0.29, 0.717) is 0 Å². The van der Waals surface area contributed by atoms with Crippen molar-refractivity contribution in [1.29, 1.82) is 0 Å². The molecule has 6 nitrogen and oxygen atoms in total. The van der Waals surface area contributed by atoms with Gasteiger partial charge in [-0.15, -0.1) is 0 Å². The fourth-order valence-corrected chi connectivity index (χ4v) is 1.76. The minimum atomic E-state index is -1.96. The number of hydrogen-bond donors (Lipinski definition) is 2. The molecular weight excluding hydrogens is 263 g/mol. The molecule has 0 bridgehead atoms. The van der Waals surface area contributed by atoms with Crippen molar-refractivity contribution in [2.24, 2.45) is 0 Å². The van der Waals surface area contributed by atoms with Crippen LogP contribution in [0.1, 0.15) is 0 Å². The molecule has 1 fully saturated rings. The summed E-state index contributed by atoms with van der Waals surface area (Å²) in [7, 11) is 0. The molecule has 0 spiro atoms. The normalized spacial score (nSPS) is 32.2. The van der Waals surface area contributed by atoms with Crippen LogP contribution in [0.15, 0.2) is 0 Å². The molecule has 1 heterocycles. The Morgan fingerprint density at radius 2 is 1.45 bits per heavy atom. The summed E-state index contributed by atoms with van der Waals surface area (Å²) in [6.45, 7) is 0. The van der Waals surface area contributed by atoms with Crippen molar-refractivity contribution in [3.63, 3.8) is 0 Å². The van der Waals surface area contributed by atoms with Crippen molar-refractivity contribution in [2.75, 3.05) is 0 Å². The average Bonchev–Trinajstić information content (AvgIpc) is 2.07. The van der Waals surface area contributed by atoms with E-state index in [9.17, 15) is 9.59 Å². The van der Waals surface area contributed by atoms with Gasteiger partial charge in [0.1, 0.15) is 0 Å². The number of carbonyl (C=O) groups is 2. The maximum atomic E-state index is 10.5. The Bertz CT molecular complexity index is 171. The van der Waals surface area contributed by atoms with E-state index in [1.807, 2.05) is 0 Å². The second kappa shape index (κ2) is 3.37. The van der Waals surface area contributed by atoms with Gasteiger partial charge in [0.2, 0.25) is 0 Å². The monoisotopic (exact) mass is 268 g/mol. The third kappa shape index (κ3) is 1.82. The predicted octanol–water partition coefficient (Wildman–Crippen LogP) is -2.66. The average molecular weight is 267 g/mol. The minimum absolute atomic E-state index is 0.991. The van der Waals surface area contributed by atoms with Gasteiger partial charge in [-0.1, -0.05) is 0 Å². The van der Waals surface area contributed by atoms with Crippen LogP contribution >= 0.6 is 0 Å². The van der Waals surface area contributed by atoms with Crippen molar-refractivity contribution in [3.8, 4) is 0 Å². The van der Waals surface area contributed by atoms with Gasteiger partial charge in [-0.25, -0.2) is 0 Å². The molecule has 7 heteroatoms. The van der Waals surface area contributed by atoms with Crippen molar-refractivity contribution in [2.45, 2.75) is 12.2 Å². The van der Waals surface area contributed by atoms with Crippen LogP contribution in [0.25, 0.3) is 0 Å². The first-order chi connectivity index (χ1) is 5.13. The van der Waals surface area contributed by atoms with Crippen LogP contribution in [0.3, 0.4) is 0 Å². The second-order valence-corrected chi connectivity index (χ2v) is 3.46. The van der Waals surface area contributed by atoms with E-state index in [2.05, 4.69) is 6.15 Å². The molecule has 1 saturated heterocycles. The third-order valence-corrected chi connectivity index (χ3v) is 2.69. The van der Waals surface area contributed by atoms with Gasteiger partial charge in [-0.05, 0) is 0 Å². The molecule has 11 heavy (non-hydrogen) atoms. The van der Waals surface area contributed by atoms with Gasteiger partial charge >= 0.3 is 72.1 Å². The summed E-state index contributed by atoms with van der Waals surface area (Å²) >= 11 is -1.96. The Labute approximate surface area is 72.4 Å². The maximum absolute atomic E-state index is 10.5. The molecule has 2 atom stereocenters. The molecule has 2 radical (unpaired) electrons. The molecule has 1 rings (SSSR count). The van der Waals surface area contributed by atoms with Crippen LogP contribution in [-0.2, 0) is 15.7 Å². The summed E-state index contributed by atoms with van der Waals surface area (Å²) in [6.07, 6.45) is -3.60. The van der Waals surface area contributed by atoms with Gasteiger partial charge < -0.3 is 0 Å². The molecule has 1 aliphatic rings. The molecule has 1 aliphatic heterocycles. The number of hydrogen-bond acceptors (Lipinski definition) is 6. The van der Waals surface area contributed by atoms with Gasteiger partial charge in [-0.2, -0.15) is 0 Å². The van der Waals surface area contributed by atoms with E-state index >= 15 is 0 Å². The Morgan fingerprint density at radius 1 is 1.09 bits per heavy atom. The first-order valence-corrected chi connectivity index (χ1v) is 4.98. The quantitative estimate of drug-likeness (QED) is 0.465. The van der Waals surface area contributed by atoms with E-state index in [4.69, 9.17) is 10.2 Å². The SMILES string of the molecule is O=C1[O][Sn][O]C(=O)[C@@H](O)[C@@H]1O. The number of rotatable bonds is 0. The van der Waals surface area contributed by atoms with E-state index < -0.39 is 46.1 Å². The zero-order chi connectivity index (χ0) is 8.43. The van der Waals surface area contributed by atoms with Crippen LogP contribution < -0.4 is 0 Å². The fraction of sp³-hybridized carbons (Fsp3) is 0.500. The van der Waals surface area contributed by atoms with Gasteiger partial charge in [0.05, 0.1) is 0 Å². The van der Waals surface area contributed by atoms with E-state index in [1.54, 1.807) is 0 Å². The van der Waals surface area contributed by atoms with Crippen LogP contribution in [0.4, 0.5) is 0 Å². The summed E-state index contributed by atoms with van der Waals surface area (Å²) in [4.78, 5) is 21.1. The third-order valence-electron chi connectivity index (χ3n) is 1.07. The fourth-order valence-electron chi connectivity index (χ4n) is 0.482. The topological polar surface area (TPSA) is 93.1 Å². The van der Waals surface area contributed by atoms with Crippen LogP contribution in [0.2, 0.25) is 0 Å². The first-order valence-electron chi connectivity index (χ1n) is 2.65. The summed E-state index contributed by atoms with van der Waals surface area (Å²) in [5.41, 5.74) is 0. The number of aliphatic hydroxyl groups excluding tert-OH is 2. The summed E-state index contributed by atoms with van der Waals surface area (Å²) in [6, 6.07) is 0. The number of aliphatic hydroxyl groups is 2. The van der Waals surface area contributed by atoms with Crippen molar-refractivity contribution >= 4 is 33.9 Å². The van der Waals surface area contributed by atoms with Crippen molar-refractivity contribution in [1.82, 2.24) is 0 Å². The van der Waals surface area contributed by atoms with Crippen molar-refractivity contribution in [3.05, 3.63) is 0 Å². The summed E-state index contributed by atoms with van der Waals surface area (Å²) in [5.74, 6) is -1.98. The van der Waals surface area contributed by atoms with Crippen LogP contribution in [0, 0.1) is 0 Å². The van der Waals surface area contributed by atoms with E-state index in [0.717, 1.165) is 0 Å². The van der Waals surface area contributed by atoms with E-state index in [1.165, 1.54) is 0 Å². The zero-order valence-electron chi connectivity index (χ0n) is 5.18. The van der Waals surface area contributed by atoms with Gasteiger partial charge in [0.15, 0.2) is 0 Å². The molecule has 2 N–H and O–H groups in total. The van der Waals surface area contributed by atoms with Crippen molar-refractivity contribution < 1.29 is 26.0 Å². The first kappa shape index (κ1) is 8.75. The van der Waals surface area contributed by atoms with Crippen LogP contribution in [0.5, 0.6) is 0 Å². The van der Waals surface area contributed by atoms with E-state index in [-0.39, 0.29) is 0 Å². The second-order valence-electron chi connectivity index (χ2n) is 1.82. The molecule has 0 aliphatic carbocycles. The molecule has 0 aromatic heterocycles. The Kier molecular flexibility index (Phi) is 2.68. The molecule has 0 aromatic carbocycles. The molecule has 0 saturated carbocycles. The molecule has 60 valence electrons. The zero-order valence-corrected chi connectivity index (χ0v) is 8.04. The van der Waals surface area contributed by atoms with Gasteiger partial charge in [-0.3, -0.25) is 0 Å².